The van der Waals surface area contributed by atoms with Crippen molar-refractivity contribution in [1.82, 2.24) is 4.90 Å². The molecule has 1 amide bonds. The molecule has 8 heteroatoms. The smallest absolute Gasteiger partial charge is 0.238 e. The van der Waals surface area contributed by atoms with Crippen molar-refractivity contribution < 1.29 is 22.3 Å². The van der Waals surface area contributed by atoms with Gasteiger partial charge in [-0.3, -0.25) is 4.79 Å². The Hall–Kier alpha value is -1.96. The number of carbonyl (C=O) groups excluding carboxylic acids is 1. The molecule has 1 unspecified atom stereocenters. The average Bonchev–Trinajstić information content (AvgIpc) is 2.62. The topological polar surface area (TPSA) is 63.7 Å². The van der Waals surface area contributed by atoms with Crippen LogP contribution < -0.4 is 0 Å². The maximum Gasteiger partial charge on any atom is 0.238 e. The second kappa shape index (κ2) is 7.73. The summed E-state index contributed by atoms with van der Waals surface area (Å²) < 4.78 is 43.5. The molecule has 0 aromatic heterocycles. The summed E-state index contributed by atoms with van der Waals surface area (Å²) in [5, 5.41) is 0.422. The van der Waals surface area contributed by atoms with E-state index in [2.05, 4.69) is 0 Å². The van der Waals surface area contributed by atoms with Crippen LogP contribution in [0, 0.1) is 5.82 Å². The summed E-state index contributed by atoms with van der Waals surface area (Å²) in [6, 6.07) is 11.5. The van der Waals surface area contributed by atoms with Crippen molar-refractivity contribution in [1.29, 1.82) is 0 Å². The van der Waals surface area contributed by atoms with E-state index in [1.54, 1.807) is 12.1 Å². The lowest BCUT2D eigenvalue weighted by Gasteiger charge is -2.33. The molecule has 0 N–H and O–H groups in total. The highest BCUT2D eigenvalue weighted by Gasteiger charge is 2.29. The molecule has 3 rings (SSSR count). The molecule has 2 aromatic rings. The number of hydrogen-bond donors (Lipinski definition) is 0. The minimum atomic E-state index is -3.75. The molecule has 1 aliphatic heterocycles. The van der Waals surface area contributed by atoms with Gasteiger partial charge in [0.25, 0.3) is 0 Å². The second-order valence-electron chi connectivity index (χ2n) is 5.96. The van der Waals surface area contributed by atoms with Gasteiger partial charge in [-0.25, -0.2) is 12.8 Å². The van der Waals surface area contributed by atoms with Gasteiger partial charge in [0.2, 0.25) is 5.91 Å². The van der Waals surface area contributed by atoms with E-state index in [1.807, 2.05) is 0 Å². The third kappa shape index (κ3) is 4.41. The van der Waals surface area contributed by atoms with Gasteiger partial charge in [-0.2, -0.15) is 0 Å². The van der Waals surface area contributed by atoms with Gasteiger partial charge in [0.05, 0.1) is 18.0 Å². The summed E-state index contributed by atoms with van der Waals surface area (Å²) >= 11 is 5.77. The van der Waals surface area contributed by atoms with Crippen LogP contribution >= 0.6 is 11.6 Å². The van der Waals surface area contributed by atoms with E-state index < -0.39 is 27.6 Å². The largest absolute Gasteiger partial charge is 0.370 e. The molecule has 0 bridgehead atoms. The van der Waals surface area contributed by atoms with Gasteiger partial charge in [0, 0.05) is 11.6 Å². The number of morpholine rings is 1. The number of halogens is 2. The SMILES string of the molecule is O=C(CS(=O)(=O)c1ccc(Cl)cc1)N1CCOC(c2ccc(F)cc2)C1. The van der Waals surface area contributed by atoms with Crippen LogP contribution in [0.5, 0.6) is 0 Å². The molecule has 0 aliphatic carbocycles. The third-order valence-electron chi connectivity index (χ3n) is 4.15. The van der Waals surface area contributed by atoms with Gasteiger partial charge in [-0.05, 0) is 42.0 Å². The van der Waals surface area contributed by atoms with Crippen LogP contribution in [-0.2, 0) is 19.4 Å². The van der Waals surface area contributed by atoms with Crippen LogP contribution in [0.3, 0.4) is 0 Å². The van der Waals surface area contributed by atoms with Crippen molar-refractivity contribution in [2.75, 3.05) is 25.4 Å². The number of hydrogen-bond acceptors (Lipinski definition) is 4. The predicted octanol–water partition coefficient (Wildman–Crippen LogP) is 2.85. The van der Waals surface area contributed by atoms with Crippen molar-refractivity contribution >= 4 is 27.3 Å². The highest BCUT2D eigenvalue weighted by molar-refractivity contribution is 7.92. The maximum atomic E-state index is 13.1. The van der Waals surface area contributed by atoms with Crippen LogP contribution in [0.15, 0.2) is 53.4 Å². The fourth-order valence-corrected chi connectivity index (χ4v) is 4.09. The molecule has 0 saturated carbocycles. The minimum absolute atomic E-state index is 0.0543. The monoisotopic (exact) mass is 397 g/mol. The predicted molar refractivity (Wildman–Crippen MR) is 95.2 cm³/mol. The number of benzene rings is 2. The standard InChI is InChI=1S/C18H17ClFNO4S/c19-14-3-7-16(8-4-14)26(23,24)12-18(22)21-9-10-25-17(11-21)13-1-5-15(20)6-2-13/h1-8,17H,9-12H2. The highest BCUT2D eigenvalue weighted by atomic mass is 35.5. The zero-order valence-electron chi connectivity index (χ0n) is 13.8. The zero-order chi connectivity index (χ0) is 18.7. The van der Waals surface area contributed by atoms with Gasteiger partial charge in [-0.15, -0.1) is 0 Å². The molecule has 0 spiro atoms. The molecule has 5 nitrogen and oxygen atoms in total. The van der Waals surface area contributed by atoms with E-state index >= 15 is 0 Å². The molecule has 138 valence electrons. The number of sulfone groups is 1. The second-order valence-corrected chi connectivity index (χ2v) is 8.39. The van der Waals surface area contributed by atoms with Gasteiger partial charge in [0.1, 0.15) is 17.7 Å². The van der Waals surface area contributed by atoms with Crippen molar-refractivity contribution in [3.05, 3.63) is 64.9 Å². The quantitative estimate of drug-likeness (QED) is 0.795. The van der Waals surface area contributed by atoms with Crippen LogP contribution in [0.25, 0.3) is 0 Å². The summed E-state index contributed by atoms with van der Waals surface area (Å²) in [5.41, 5.74) is 0.740. The van der Waals surface area contributed by atoms with Crippen LogP contribution in [-0.4, -0.2) is 44.7 Å². The Balaban J connectivity index is 1.69. The van der Waals surface area contributed by atoms with E-state index in [1.165, 1.54) is 41.3 Å². The molecular weight excluding hydrogens is 381 g/mol. The third-order valence-corrected chi connectivity index (χ3v) is 6.02. The van der Waals surface area contributed by atoms with E-state index in [-0.39, 0.29) is 23.9 Å². The first-order chi connectivity index (χ1) is 12.3. The van der Waals surface area contributed by atoms with Gasteiger partial charge >= 0.3 is 0 Å². The van der Waals surface area contributed by atoms with Crippen LogP contribution in [0.1, 0.15) is 11.7 Å². The van der Waals surface area contributed by atoms with Crippen molar-refractivity contribution in [2.24, 2.45) is 0 Å². The molecule has 1 aliphatic rings. The van der Waals surface area contributed by atoms with E-state index in [4.69, 9.17) is 16.3 Å². The fourth-order valence-electron chi connectivity index (χ4n) is 2.73. The van der Waals surface area contributed by atoms with Gasteiger partial charge in [0.15, 0.2) is 9.84 Å². The van der Waals surface area contributed by atoms with Gasteiger partial charge < -0.3 is 9.64 Å². The molecule has 1 fully saturated rings. The summed E-state index contributed by atoms with van der Waals surface area (Å²) in [5.74, 6) is -1.47. The van der Waals surface area contributed by atoms with Gasteiger partial charge in [-0.1, -0.05) is 23.7 Å². The Bertz CT molecular complexity index is 884. The average molecular weight is 398 g/mol. The lowest BCUT2D eigenvalue weighted by atomic mass is 10.1. The van der Waals surface area contributed by atoms with Crippen molar-refractivity contribution in [2.45, 2.75) is 11.0 Å². The minimum Gasteiger partial charge on any atom is -0.370 e. The molecule has 2 aromatic carbocycles. The lowest BCUT2D eigenvalue weighted by molar-refractivity contribution is -0.136. The summed E-state index contributed by atoms with van der Waals surface area (Å²) in [7, 11) is -3.75. The Morgan fingerprint density at radius 3 is 2.46 bits per heavy atom. The first-order valence-electron chi connectivity index (χ1n) is 7.98. The van der Waals surface area contributed by atoms with E-state index in [0.29, 0.717) is 11.6 Å². The Morgan fingerprint density at radius 2 is 1.81 bits per heavy atom. The van der Waals surface area contributed by atoms with E-state index in [9.17, 15) is 17.6 Å². The number of amides is 1. The molecule has 26 heavy (non-hydrogen) atoms. The first-order valence-corrected chi connectivity index (χ1v) is 10.0. The summed E-state index contributed by atoms with van der Waals surface area (Å²) in [4.78, 5) is 14.0. The Labute approximate surface area is 156 Å². The molecule has 0 radical (unpaired) electrons. The molecular formula is C18H17ClFNO4S. The zero-order valence-corrected chi connectivity index (χ0v) is 15.3. The number of rotatable bonds is 4. The number of nitrogens with zero attached hydrogens (tertiary/aromatic N) is 1. The molecule has 1 saturated heterocycles. The number of ether oxygens (including phenoxy) is 1. The van der Waals surface area contributed by atoms with Crippen molar-refractivity contribution in [3.8, 4) is 0 Å². The molecule has 1 atom stereocenters. The summed E-state index contributed by atoms with van der Waals surface area (Å²) in [6.45, 7) is 0.821. The maximum absolute atomic E-state index is 13.1. The summed E-state index contributed by atoms with van der Waals surface area (Å²) in [6.07, 6.45) is -0.411. The lowest BCUT2D eigenvalue weighted by Crippen LogP contribution is -2.44. The van der Waals surface area contributed by atoms with Crippen molar-refractivity contribution in [3.63, 3.8) is 0 Å². The Morgan fingerprint density at radius 1 is 1.15 bits per heavy atom. The van der Waals surface area contributed by atoms with Crippen LogP contribution in [0.4, 0.5) is 4.39 Å². The number of carbonyl (C=O) groups is 1. The Kier molecular flexibility index (Phi) is 5.60. The normalized spacial score (nSPS) is 17.9. The molecule has 1 heterocycles. The van der Waals surface area contributed by atoms with E-state index in [0.717, 1.165) is 5.56 Å². The fraction of sp³-hybridized carbons (Fsp3) is 0.278. The highest BCUT2D eigenvalue weighted by Crippen LogP contribution is 2.23. The first kappa shape index (κ1) is 18.8. The van der Waals surface area contributed by atoms with Crippen LogP contribution in [0.2, 0.25) is 5.02 Å².